The normalized spacial score (nSPS) is 14.8. The molecule has 0 aliphatic heterocycles. The Hall–Kier alpha value is -2.24. The summed E-state index contributed by atoms with van der Waals surface area (Å²) in [5, 5.41) is 3.73. The second kappa shape index (κ2) is 5.40. The van der Waals surface area contributed by atoms with Crippen molar-refractivity contribution in [3.63, 3.8) is 0 Å². The van der Waals surface area contributed by atoms with Crippen LogP contribution < -0.4 is 0 Å². The monoisotopic (exact) mass is 276 g/mol. The molecule has 0 atom stereocenters. The van der Waals surface area contributed by atoms with Gasteiger partial charge in [-0.25, -0.2) is 4.39 Å². The number of aromatic nitrogens is 2. The fourth-order valence-electron chi connectivity index (χ4n) is 1.92. The molecular formula is C14H13FN2O3. The SMILES string of the molecule is O=C(OCc1noc(-c2ccc(F)cc2)n1)C1CCC1. The molecule has 1 saturated carbocycles. The molecule has 0 amide bonds. The van der Waals surface area contributed by atoms with E-state index in [1.807, 2.05) is 0 Å². The van der Waals surface area contributed by atoms with Crippen LogP contribution in [0.4, 0.5) is 4.39 Å². The lowest BCUT2D eigenvalue weighted by Crippen LogP contribution is -2.24. The van der Waals surface area contributed by atoms with Crippen molar-refractivity contribution in [1.29, 1.82) is 0 Å². The summed E-state index contributed by atoms with van der Waals surface area (Å²) in [5.74, 6) is 0.0717. The number of carbonyl (C=O) groups excluding carboxylic acids is 1. The molecule has 1 heterocycles. The van der Waals surface area contributed by atoms with Crippen molar-refractivity contribution >= 4 is 5.97 Å². The summed E-state index contributed by atoms with van der Waals surface area (Å²) in [5.41, 5.74) is 0.621. The summed E-state index contributed by atoms with van der Waals surface area (Å²) in [4.78, 5) is 15.7. The van der Waals surface area contributed by atoms with Crippen LogP contribution in [-0.2, 0) is 16.1 Å². The second-order valence-electron chi connectivity index (χ2n) is 4.76. The Morgan fingerprint density at radius 1 is 1.35 bits per heavy atom. The Labute approximate surface area is 114 Å². The van der Waals surface area contributed by atoms with Gasteiger partial charge in [0.25, 0.3) is 5.89 Å². The number of rotatable bonds is 4. The Balaban J connectivity index is 1.61. The molecule has 6 heteroatoms. The summed E-state index contributed by atoms with van der Waals surface area (Å²) in [6.45, 7) is 0.0000278. The van der Waals surface area contributed by atoms with E-state index in [9.17, 15) is 9.18 Å². The number of ether oxygens (including phenoxy) is 1. The van der Waals surface area contributed by atoms with Gasteiger partial charge in [0.15, 0.2) is 6.61 Å². The van der Waals surface area contributed by atoms with Crippen LogP contribution in [-0.4, -0.2) is 16.1 Å². The average molecular weight is 276 g/mol. The van der Waals surface area contributed by atoms with Crippen molar-refractivity contribution in [3.8, 4) is 11.5 Å². The van der Waals surface area contributed by atoms with Crippen molar-refractivity contribution in [2.75, 3.05) is 0 Å². The summed E-state index contributed by atoms with van der Waals surface area (Å²) < 4.78 is 23.0. The smallest absolute Gasteiger partial charge is 0.309 e. The van der Waals surface area contributed by atoms with Crippen LogP contribution in [0.5, 0.6) is 0 Å². The van der Waals surface area contributed by atoms with Crippen molar-refractivity contribution in [1.82, 2.24) is 10.1 Å². The summed E-state index contributed by atoms with van der Waals surface area (Å²) in [6.07, 6.45) is 2.87. The fourth-order valence-corrected chi connectivity index (χ4v) is 1.92. The summed E-state index contributed by atoms with van der Waals surface area (Å²) >= 11 is 0. The van der Waals surface area contributed by atoms with E-state index in [0.717, 1.165) is 19.3 Å². The minimum Gasteiger partial charge on any atom is -0.457 e. The maximum absolute atomic E-state index is 12.8. The first-order chi connectivity index (χ1) is 9.72. The van der Waals surface area contributed by atoms with Gasteiger partial charge in [-0.2, -0.15) is 4.98 Å². The fraction of sp³-hybridized carbons (Fsp3) is 0.357. The lowest BCUT2D eigenvalue weighted by molar-refractivity contribution is -0.153. The largest absolute Gasteiger partial charge is 0.457 e. The highest BCUT2D eigenvalue weighted by atomic mass is 19.1. The molecule has 1 aromatic heterocycles. The Kier molecular flexibility index (Phi) is 3.45. The maximum Gasteiger partial charge on any atom is 0.309 e. The number of carbonyl (C=O) groups is 1. The van der Waals surface area contributed by atoms with E-state index in [2.05, 4.69) is 10.1 Å². The van der Waals surface area contributed by atoms with Gasteiger partial charge < -0.3 is 9.26 Å². The standard InChI is InChI=1S/C14H13FN2O3/c15-11-6-4-9(5-7-11)13-16-12(17-20-13)8-19-14(18)10-2-1-3-10/h4-7,10H,1-3,8H2. The van der Waals surface area contributed by atoms with Gasteiger partial charge in [0.2, 0.25) is 5.82 Å². The quantitative estimate of drug-likeness (QED) is 0.803. The highest BCUT2D eigenvalue weighted by Gasteiger charge is 2.27. The predicted octanol–water partition coefficient (Wildman–Crippen LogP) is 2.72. The van der Waals surface area contributed by atoms with Gasteiger partial charge in [-0.15, -0.1) is 0 Å². The topological polar surface area (TPSA) is 65.2 Å². The first kappa shape index (κ1) is 12.8. The molecule has 1 aliphatic carbocycles. The predicted molar refractivity (Wildman–Crippen MR) is 66.8 cm³/mol. The number of hydrogen-bond acceptors (Lipinski definition) is 5. The molecule has 104 valence electrons. The van der Waals surface area contributed by atoms with Crippen LogP contribution in [0.25, 0.3) is 11.5 Å². The molecule has 2 aromatic rings. The Bertz CT molecular complexity index is 605. The van der Waals surface area contributed by atoms with Gasteiger partial charge in [-0.05, 0) is 37.1 Å². The van der Waals surface area contributed by atoms with E-state index < -0.39 is 0 Å². The van der Waals surface area contributed by atoms with Gasteiger partial charge in [-0.1, -0.05) is 11.6 Å². The molecule has 0 saturated heterocycles. The molecule has 3 rings (SSSR count). The molecular weight excluding hydrogens is 263 g/mol. The zero-order valence-electron chi connectivity index (χ0n) is 10.7. The second-order valence-corrected chi connectivity index (χ2v) is 4.76. The minimum atomic E-state index is -0.331. The van der Waals surface area contributed by atoms with E-state index in [4.69, 9.17) is 9.26 Å². The molecule has 1 aliphatic rings. The number of hydrogen-bond donors (Lipinski definition) is 0. The zero-order chi connectivity index (χ0) is 13.9. The molecule has 1 fully saturated rings. The van der Waals surface area contributed by atoms with Crippen molar-refractivity contribution in [3.05, 3.63) is 35.9 Å². The molecule has 0 bridgehead atoms. The minimum absolute atomic E-state index is 0.0000278. The third-order valence-electron chi connectivity index (χ3n) is 3.34. The van der Waals surface area contributed by atoms with Gasteiger partial charge >= 0.3 is 5.97 Å². The van der Waals surface area contributed by atoms with Gasteiger partial charge in [-0.3, -0.25) is 4.79 Å². The molecule has 1 aromatic carbocycles. The van der Waals surface area contributed by atoms with Crippen LogP contribution in [0.3, 0.4) is 0 Å². The van der Waals surface area contributed by atoms with Gasteiger partial charge in [0.05, 0.1) is 5.92 Å². The highest BCUT2D eigenvalue weighted by molar-refractivity contribution is 5.73. The molecule has 0 radical (unpaired) electrons. The lowest BCUT2D eigenvalue weighted by Gasteiger charge is -2.22. The molecule has 0 spiro atoms. The van der Waals surface area contributed by atoms with Crippen molar-refractivity contribution < 1.29 is 18.4 Å². The molecule has 0 N–H and O–H groups in total. The first-order valence-corrected chi connectivity index (χ1v) is 6.47. The first-order valence-electron chi connectivity index (χ1n) is 6.47. The van der Waals surface area contributed by atoms with Crippen LogP contribution in [0.15, 0.2) is 28.8 Å². The number of benzene rings is 1. The van der Waals surface area contributed by atoms with E-state index >= 15 is 0 Å². The average Bonchev–Trinajstić information content (AvgIpc) is 2.84. The summed E-state index contributed by atoms with van der Waals surface area (Å²) in [7, 11) is 0. The molecule has 0 unspecified atom stereocenters. The van der Waals surface area contributed by atoms with E-state index in [1.54, 1.807) is 12.1 Å². The summed E-state index contributed by atoms with van der Waals surface area (Å²) in [6, 6.07) is 5.73. The van der Waals surface area contributed by atoms with Gasteiger partial charge in [0, 0.05) is 5.56 Å². The van der Waals surface area contributed by atoms with Crippen LogP contribution in [0, 0.1) is 11.7 Å². The number of halogens is 1. The molecule has 5 nitrogen and oxygen atoms in total. The van der Waals surface area contributed by atoms with Gasteiger partial charge in [0.1, 0.15) is 5.82 Å². The van der Waals surface area contributed by atoms with Crippen molar-refractivity contribution in [2.45, 2.75) is 25.9 Å². The van der Waals surface area contributed by atoms with E-state index in [1.165, 1.54) is 12.1 Å². The van der Waals surface area contributed by atoms with Crippen LogP contribution in [0.2, 0.25) is 0 Å². The molecule has 20 heavy (non-hydrogen) atoms. The number of esters is 1. The van der Waals surface area contributed by atoms with E-state index in [0.29, 0.717) is 11.4 Å². The van der Waals surface area contributed by atoms with Crippen LogP contribution >= 0.6 is 0 Å². The van der Waals surface area contributed by atoms with E-state index in [-0.39, 0.29) is 30.2 Å². The Morgan fingerprint density at radius 3 is 2.75 bits per heavy atom. The third kappa shape index (κ3) is 2.68. The number of nitrogens with zero attached hydrogens (tertiary/aromatic N) is 2. The zero-order valence-corrected chi connectivity index (χ0v) is 10.7. The van der Waals surface area contributed by atoms with Crippen molar-refractivity contribution in [2.24, 2.45) is 5.92 Å². The third-order valence-corrected chi connectivity index (χ3v) is 3.34. The highest BCUT2D eigenvalue weighted by Crippen LogP contribution is 2.27. The Morgan fingerprint density at radius 2 is 2.10 bits per heavy atom. The lowest BCUT2D eigenvalue weighted by atomic mass is 9.86. The van der Waals surface area contributed by atoms with Crippen LogP contribution in [0.1, 0.15) is 25.1 Å². The maximum atomic E-state index is 12.8.